The van der Waals surface area contributed by atoms with Crippen molar-refractivity contribution in [1.29, 1.82) is 0 Å². The minimum atomic E-state index is 0.400. The summed E-state index contributed by atoms with van der Waals surface area (Å²) in [6, 6.07) is 5.76. The molecule has 5 heteroatoms. The van der Waals surface area contributed by atoms with Crippen LogP contribution < -0.4 is 0 Å². The molecule has 2 aromatic rings. The molecule has 0 unspecified atom stereocenters. The lowest BCUT2D eigenvalue weighted by Gasteiger charge is -2.02. The van der Waals surface area contributed by atoms with Crippen LogP contribution in [0.1, 0.15) is 10.6 Å². The fraction of sp³-hybridized carbons (Fsp3) is 0.200. The van der Waals surface area contributed by atoms with E-state index in [4.69, 9.17) is 23.2 Å². The van der Waals surface area contributed by atoms with Gasteiger partial charge in [0, 0.05) is 10.6 Å². The highest BCUT2D eigenvalue weighted by Crippen LogP contribution is 2.30. The van der Waals surface area contributed by atoms with Crippen molar-refractivity contribution in [3.05, 3.63) is 33.8 Å². The molecule has 2 rings (SSSR count). The molecular weight excluding hydrogens is 251 g/mol. The number of benzene rings is 1. The van der Waals surface area contributed by atoms with Gasteiger partial charge in [0.15, 0.2) is 0 Å². The topological polar surface area (TPSA) is 25.8 Å². The summed E-state index contributed by atoms with van der Waals surface area (Å²) in [6.07, 6.45) is 0. The first kappa shape index (κ1) is 10.9. The predicted octanol–water partition coefficient (Wildman–Crippen LogP) is 3.91. The fourth-order valence-electron chi connectivity index (χ4n) is 1.26. The summed E-state index contributed by atoms with van der Waals surface area (Å²) >= 11 is 13.2. The van der Waals surface area contributed by atoms with E-state index in [2.05, 4.69) is 10.2 Å². The highest BCUT2D eigenvalue weighted by Gasteiger charge is 2.09. The van der Waals surface area contributed by atoms with E-state index < -0.39 is 0 Å². The molecule has 0 amide bonds. The Morgan fingerprint density at radius 3 is 2.80 bits per heavy atom. The van der Waals surface area contributed by atoms with Crippen LogP contribution in [0.2, 0.25) is 5.02 Å². The molecule has 0 bridgehead atoms. The smallest absolute Gasteiger partial charge is 0.142 e. The van der Waals surface area contributed by atoms with Gasteiger partial charge in [-0.3, -0.25) is 0 Å². The van der Waals surface area contributed by atoms with Gasteiger partial charge in [0.1, 0.15) is 10.0 Å². The van der Waals surface area contributed by atoms with Crippen molar-refractivity contribution in [1.82, 2.24) is 10.2 Å². The third-order valence-corrected chi connectivity index (χ3v) is 3.86. The van der Waals surface area contributed by atoms with E-state index in [-0.39, 0.29) is 0 Å². The molecule has 15 heavy (non-hydrogen) atoms. The van der Waals surface area contributed by atoms with Gasteiger partial charge in [-0.2, -0.15) is 0 Å². The van der Waals surface area contributed by atoms with Crippen LogP contribution in [0.3, 0.4) is 0 Å². The Kier molecular flexibility index (Phi) is 3.24. The molecule has 0 fully saturated rings. The van der Waals surface area contributed by atoms with Crippen molar-refractivity contribution in [2.45, 2.75) is 12.8 Å². The predicted molar refractivity (Wildman–Crippen MR) is 64.6 cm³/mol. The molecule has 1 aromatic carbocycles. The summed E-state index contributed by atoms with van der Waals surface area (Å²) in [5.74, 6) is 0.400. The average Bonchev–Trinajstić information content (AvgIpc) is 2.70. The number of alkyl halides is 1. The van der Waals surface area contributed by atoms with Crippen molar-refractivity contribution in [2.75, 3.05) is 0 Å². The van der Waals surface area contributed by atoms with Crippen molar-refractivity contribution in [3.63, 3.8) is 0 Å². The highest BCUT2D eigenvalue weighted by molar-refractivity contribution is 7.14. The van der Waals surface area contributed by atoms with Crippen LogP contribution in [-0.2, 0) is 5.88 Å². The van der Waals surface area contributed by atoms with Crippen molar-refractivity contribution in [3.8, 4) is 10.6 Å². The fourth-order valence-corrected chi connectivity index (χ4v) is 2.42. The second-order valence-corrected chi connectivity index (χ2v) is 4.78. The normalized spacial score (nSPS) is 10.6. The molecule has 0 spiro atoms. The van der Waals surface area contributed by atoms with Gasteiger partial charge in [0.25, 0.3) is 0 Å². The van der Waals surface area contributed by atoms with Crippen LogP contribution in [0.5, 0.6) is 0 Å². The Bertz CT molecular complexity index is 482. The first-order chi connectivity index (χ1) is 7.22. The lowest BCUT2D eigenvalue weighted by atomic mass is 10.1. The number of nitrogens with zero attached hydrogens (tertiary/aromatic N) is 2. The molecule has 0 aliphatic carbocycles. The maximum Gasteiger partial charge on any atom is 0.148 e. The first-order valence-electron chi connectivity index (χ1n) is 4.36. The first-order valence-corrected chi connectivity index (χ1v) is 6.09. The van der Waals surface area contributed by atoms with Gasteiger partial charge < -0.3 is 0 Å². The Morgan fingerprint density at radius 2 is 2.13 bits per heavy atom. The van der Waals surface area contributed by atoms with Gasteiger partial charge in [-0.15, -0.1) is 21.8 Å². The van der Waals surface area contributed by atoms with E-state index in [0.717, 1.165) is 26.2 Å². The van der Waals surface area contributed by atoms with Gasteiger partial charge in [0.05, 0.1) is 5.88 Å². The number of hydrogen-bond donors (Lipinski definition) is 0. The number of hydrogen-bond acceptors (Lipinski definition) is 3. The molecule has 0 aliphatic heterocycles. The van der Waals surface area contributed by atoms with Crippen LogP contribution in [-0.4, -0.2) is 10.2 Å². The Hall–Kier alpha value is -0.640. The molecule has 1 heterocycles. The SMILES string of the molecule is Cc1c(Cl)cccc1-c1nnc(CCl)s1. The number of halogens is 2. The van der Waals surface area contributed by atoms with Crippen LogP contribution in [0.4, 0.5) is 0 Å². The summed E-state index contributed by atoms with van der Waals surface area (Å²) in [5, 5.41) is 10.5. The number of aromatic nitrogens is 2. The monoisotopic (exact) mass is 258 g/mol. The summed E-state index contributed by atoms with van der Waals surface area (Å²) in [5.41, 5.74) is 2.05. The summed E-state index contributed by atoms with van der Waals surface area (Å²) < 4.78 is 0. The van der Waals surface area contributed by atoms with Crippen LogP contribution in [0, 0.1) is 6.92 Å². The van der Waals surface area contributed by atoms with Crippen molar-refractivity contribution in [2.24, 2.45) is 0 Å². The highest BCUT2D eigenvalue weighted by atomic mass is 35.5. The molecule has 0 N–H and O–H groups in total. The molecule has 78 valence electrons. The summed E-state index contributed by atoms with van der Waals surface area (Å²) in [4.78, 5) is 0. The molecule has 0 saturated carbocycles. The Morgan fingerprint density at radius 1 is 1.33 bits per heavy atom. The molecule has 0 saturated heterocycles. The molecule has 0 aliphatic rings. The lowest BCUT2D eigenvalue weighted by molar-refractivity contribution is 1.04. The van der Waals surface area contributed by atoms with E-state index >= 15 is 0 Å². The van der Waals surface area contributed by atoms with Crippen molar-refractivity contribution >= 4 is 34.5 Å². The van der Waals surface area contributed by atoms with E-state index in [1.165, 1.54) is 11.3 Å². The zero-order valence-corrected chi connectivity index (χ0v) is 10.3. The standard InChI is InChI=1S/C10H8Cl2N2S/c1-6-7(3-2-4-8(6)12)10-14-13-9(5-11)15-10/h2-4H,5H2,1H3. The molecule has 0 atom stereocenters. The average molecular weight is 259 g/mol. The van der Waals surface area contributed by atoms with Crippen molar-refractivity contribution < 1.29 is 0 Å². The van der Waals surface area contributed by atoms with Crippen LogP contribution in [0.25, 0.3) is 10.6 Å². The second kappa shape index (κ2) is 4.47. The largest absolute Gasteiger partial charge is 0.148 e. The molecule has 2 nitrogen and oxygen atoms in total. The molecule has 0 radical (unpaired) electrons. The van der Waals surface area contributed by atoms with Gasteiger partial charge in [-0.05, 0) is 18.6 Å². The van der Waals surface area contributed by atoms with E-state index in [1.54, 1.807) is 0 Å². The van der Waals surface area contributed by atoms with E-state index in [1.807, 2.05) is 25.1 Å². The van der Waals surface area contributed by atoms with Crippen LogP contribution >= 0.6 is 34.5 Å². The van der Waals surface area contributed by atoms with E-state index in [9.17, 15) is 0 Å². The third-order valence-electron chi connectivity index (χ3n) is 2.08. The second-order valence-electron chi connectivity index (χ2n) is 3.05. The maximum absolute atomic E-state index is 6.03. The third kappa shape index (κ3) is 2.14. The minimum absolute atomic E-state index is 0.400. The quantitative estimate of drug-likeness (QED) is 0.764. The lowest BCUT2D eigenvalue weighted by Crippen LogP contribution is -1.83. The molecular formula is C10H8Cl2N2S. The zero-order chi connectivity index (χ0) is 10.8. The van der Waals surface area contributed by atoms with E-state index in [0.29, 0.717) is 5.88 Å². The summed E-state index contributed by atoms with van der Waals surface area (Å²) in [7, 11) is 0. The van der Waals surface area contributed by atoms with Gasteiger partial charge in [-0.25, -0.2) is 0 Å². The summed E-state index contributed by atoms with van der Waals surface area (Å²) in [6.45, 7) is 1.97. The number of rotatable bonds is 2. The zero-order valence-electron chi connectivity index (χ0n) is 8.00. The van der Waals surface area contributed by atoms with Gasteiger partial charge in [0.2, 0.25) is 0 Å². The Labute approximate surface area is 102 Å². The van der Waals surface area contributed by atoms with Gasteiger partial charge in [-0.1, -0.05) is 35.1 Å². The maximum atomic E-state index is 6.03. The molecule has 1 aromatic heterocycles. The van der Waals surface area contributed by atoms with Crippen LogP contribution in [0.15, 0.2) is 18.2 Å². The van der Waals surface area contributed by atoms with Gasteiger partial charge >= 0.3 is 0 Å². The minimum Gasteiger partial charge on any atom is -0.142 e. The Balaban J connectivity index is 2.49.